The highest BCUT2D eigenvalue weighted by Crippen LogP contribution is 2.30. The topological polar surface area (TPSA) is 60.2 Å². The standard InChI is InChI=1S/C11H13N3O/c1-7-3-4-9(15-2)11-10(7)8(14-12)5-6-13-11/h3-6H,12H2,1-2H3,(H,13,14). The van der Waals surface area contributed by atoms with Crippen LogP contribution in [0.15, 0.2) is 24.4 Å². The number of nitrogen functional groups attached to an aromatic ring is 1. The minimum Gasteiger partial charge on any atom is -0.494 e. The number of aromatic nitrogens is 1. The summed E-state index contributed by atoms with van der Waals surface area (Å²) in [5.74, 6) is 6.21. The molecule has 0 amide bonds. The van der Waals surface area contributed by atoms with E-state index in [1.165, 1.54) is 0 Å². The Morgan fingerprint density at radius 1 is 1.33 bits per heavy atom. The summed E-state index contributed by atoms with van der Waals surface area (Å²) in [6.07, 6.45) is 1.71. The van der Waals surface area contributed by atoms with Gasteiger partial charge in [0.05, 0.1) is 12.8 Å². The Labute approximate surface area is 88.0 Å². The normalized spacial score (nSPS) is 10.3. The summed E-state index contributed by atoms with van der Waals surface area (Å²) in [5, 5.41) is 0.999. The van der Waals surface area contributed by atoms with Crippen LogP contribution >= 0.6 is 0 Å². The van der Waals surface area contributed by atoms with E-state index in [1.807, 2.05) is 25.1 Å². The van der Waals surface area contributed by atoms with E-state index in [1.54, 1.807) is 13.3 Å². The maximum Gasteiger partial charge on any atom is 0.145 e. The number of nitrogens with zero attached hydrogens (tertiary/aromatic N) is 1. The highest BCUT2D eigenvalue weighted by Gasteiger charge is 2.08. The van der Waals surface area contributed by atoms with Gasteiger partial charge in [-0.2, -0.15) is 0 Å². The zero-order valence-corrected chi connectivity index (χ0v) is 8.74. The van der Waals surface area contributed by atoms with Crippen LogP contribution in [0.4, 0.5) is 5.69 Å². The molecule has 0 aliphatic carbocycles. The zero-order chi connectivity index (χ0) is 10.8. The van der Waals surface area contributed by atoms with Crippen LogP contribution in [0.25, 0.3) is 10.9 Å². The fraction of sp³-hybridized carbons (Fsp3) is 0.182. The summed E-state index contributed by atoms with van der Waals surface area (Å²) >= 11 is 0. The third-order valence-electron chi connectivity index (χ3n) is 2.44. The van der Waals surface area contributed by atoms with E-state index in [0.717, 1.165) is 27.9 Å². The van der Waals surface area contributed by atoms with Crippen molar-refractivity contribution in [2.45, 2.75) is 6.92 Å². The van der Waals surface area contributed by atoms with Gasteiger partial charge in [-0.05, 0) is 24.6 Å². The van der Waals surface area contributed by atoms with Gasteiger partial charge in [0.1, 0.15) is 11.3 Å². The first-order valence-corrected chi connectivity index (χ1v) is 4.67. The van der Waals surface area contributed by atoms with Crippen LogP contribution in [0, 0.1) is 6.92 Å². The predicted octanol–water partition coefficient (Wildman–Crippen LogP) is 1.84. The first-order valence-electron chi connectivity index (χ1n) is 4.67. The number of ether oxygens (including phenoxy) is 1. The van der Waals surface area contributed by atoms with Crippen molar-refractivity contribution in [3.05, 3.63) is 30.0 Å². The van der Waals surface area contributed by atoms with Crippen molar-refractivity contribution in [3.63, 3.8) is 0 Å². The fourth-order valence-corrected chi connectivity index (χ4v) is 1.70. The van der Waals surface area contributed by atoms with Crippen molar-refractivity contribution in [1.29, 1.82) is 0 Å². The molecule has 0 aliphatic rings. The molecule has 0 bridgehead atoms. The van der Waals surface area contributed by atoms with Gasteiger partial charge in [-0.1, -0.05) is 6.07 Å². The lowest BCUT2D eigenvalue weighted by Crippen LogP contribution is -2.08. The Bertz CT molecular complexity index is 496. The first-order chi connectivity index (χ1) is 7.27. The SMILES string of the molecule is COc1ccc(C)c2c(NN)ccnc12. The maximum atomic E-state index is 5.46. The van der Waals surface area contributed by atoms with Gasteiger partial charge in [-0.15, -0.1) is 0 Å². The average Bonchev–Trinajstić information content (AvgIpc) is 2.29. The second-order valence-corrected chi connectivity index (χ2v) is 3.31. The van der Waals surface area contributed by atoms with E-state index in [-0.39, 0.29) is 0 Å². The number of aryl methyl sites for hydroxylation is 1. The molecule has 1 aromatic carbocycles. The summed E-state index contributed by atoms with van der Waals surface area (Å²) in [4.78, 5) is 4.30. The number of anilines is 1. The van der Waals surface area contributed by atoms with E-state index in [9.17, 15) is 0 Å². The second-order valence-electron chi connectivity index (χ2n) is 3.31. The van der Waals surface area contributed by atoms with Gasteiger partial charge in [0.2, 0.25) is 0 Å². The zero-order valence-electron chi connectivity index (χ0n) is 8.74. The number of fused-ring (bicyclic) bond motifs is 1. The van der Waals surface area contributed by atoms with Crippen LogP contribution in [-0.4, -0.2) is 12.1 Å². The molecule has 1 aromatic heterocycles. The Kier molecular flexibility index (Phi) is 2.43. The number of hydrogen-bond acceptors (Lipinski definition) is 4. The number of hydrogen-bond donors (Lipinski definition) is 2. The molecule has 0 fully saturated rings. The molecule has 0 saturated heterocycles. The number of nitrogens with two attached hydrogens (primary N) is 1. The monoisotopic (exact) mass is 203 g/mol. The van der Waals surface area contributed by atoms with Crippen LogP contribution in [0.5, 0.6) is 5.75 Å². The lowest BCUT2D eigenvalue weighted by molar-refractivity contribution is 0.419. The molecule has 0 saturated carbocycles. The van der Waals surface area contributed by atoms with E-state index in [0.29, 0.717) is 0 Å². The van der Waals surface area contributed by atoms with Gasteiger partial charge in [0, 0.05) is 11.6 Å². The molecule has 1 heterocycles. The molecule has 0 unspecified atom stereocenters. The maximum absolute atomic E-state index is 5.46. The molecule has 0 spiro atoms. The summed E-state index contributed by atoms with van der Waals surface area (Å²) < 4.78 is 5.25. The van der Waals surface area contributed by atoms with E-state index >= 15 is 0 Å². The van der Waals surface area contributed by atoms with Crippen molar-refractivity contribution in [3.8, 4) is 5.75 Å². The molecule has 2 rings (SSSR count). The van der Waals surface area contributed by atoms with Crippen molar-refractivity contribution >= 4 is 16.6 Å². The molecule has 78 valence electrons. The molecular formula is C11H13N3O. The molecule has 3 N–H and O–H groups in total. The van der Waals surface area contributed by atoms with Gasteiger partial charge < -0.3 is 10.2 Å². The van der Waals surface area contributed by atoms with Crippen molar-refractivity contribution < 1.29 is 4.74 Å². The Balaban J connectivity index is 2.86. The van der Waals surface area contributed by atoms with Crippen LogP contribution in [-0.2, 0) is 0 Å². The predicted molar refractivity (Wildman–Crippen MR) is 60.8 cm³/mol. The van der Waals surface area contributed by atoms with Crippen LogP contribution in [0.3, 0.4) is 0 Å². The summed E-state index contributed by atoms with van der Waals surface area (Å²) in [7, 11) is 1.63. The minimum atomic E-state index is 0.757. The molecule has 4 nitrogen and oxygen atoms in total. The Morgan fingerprint density at radius 3 is 2.80 bits per heavy atom. The smallest absolute Gasteiger partial charge is 0.145 e. The fourth-order valence-electron chi connectivity index (χ4n) is 1.70. The number of methoxy groups -OCH3 is 1. The van der Waals surface area contributed by atoms with Crippen molar-refractivity contribution in [2.75, 3.05) is 12.5 Å². The minimum absolute atomic E-state index is 0.757. The summed E-state index contributed by atoms with van der Waals surface area (Å²) in [5.41, 5.74) is 5.47. The molecule has 4 heteroatoms. The molecule has 15 heavy (non-hydrogen) atoms. The highest BCUT2D eigenvalue weighted by atomic mass is 16.5. The number of hydrazine groups is 1. The number of nitrogens with one attached hydrogen (secondary N) is 1. The van der Waals surface area contributed by atoms with E-state index in [4.69, 9.17) is 10.6 Å². The summed E-state index contributed by atoms with van der Waals surface area (Å²) in [6.45, 7) is 2.02. The largest absolute Gasteiger partial charge is 0.494 e. The van der Waals surface area contributed by atoms with E-state index in [2.05, 4.69) is 10.4 Å². The highest BCUT2D eigenvalue weighted by molar-refractivity contribution is 5.97. The third-order valence-corrected chi connectivity index (χ3v) is 2.44. The quantitative estimate of drug-likeness (QED) is 0.577. The lowest BCUT2D eigenvalue weighted by Gasteiger charge is -2.10. The number of pyridine rings is 1. The molecule has 0 atom stereocenters. The van der Waals surface area contributed by atoms with Crippen LogP contribution in [0.1, 0.15) is 5.56 Å². The average molecular weight is 203 g/mol. The molecule has 2 aromatic rings. The van der Waals surface area contributed by atoms with Crippen molar-refractivity contribution in [1.82, 2.24) is 4.98 Å². The first kappa shape index (κ1) is 9.73. The number of benzene rings is 1. The van der Waals surface area contributed by atoms with Crippen molar-refractivity contribution in [2.24, 2.45) is 5.84 Å². The van der Waals surface area contributed by atoms with Gasteiger partial charge in [-0.25, -0.2) is 0 Å². The Hall–Kier alpha value is -1.81. The van der Waals surface area contributed by atoms with Gasteiger partial charge in [0.25, 0.3) is 0 Å². The molecular weight excluding hydrogens is 190 g/mol. The van der Waals surface area contributed by atoms with Gasteiger partial charge in [-0.3, -0.25) is 10.8 Å². The number of rotatable bonds is 2. The van der Waals surface area contributed by atoms with Gasteiger partial charge in [0.15, 0.2) is 0 Å². The molecule has 0 radical (unpaired) electrons. The second kappa shape index (κ2) is 3.74. The van der Waals surface area contributed by atoms with Gasteiger partial charge >= 0.3 is 0 Å². The third kappa shape index (κ3) is 1.49. The van der Waals surface area contributed by atoms with Crippen LogP contribution < -0.4 is 16.0 Å². The Morgan fingerprint density at radius 2 is 2.13 bits per heavy atom. The van der Waals surface area contributed by atoms with E-state index < -0.39 is 0 Å². The summed E-state index contributed by atoms with van der Waals surface area (Å²) in [6, 6.07) is 5.74. The van der Waals surface area contributed by atoms with Crippen LogP contribution in [0.2, 0.25) is 0 Å². The lowest BCUT2D eigenvalue weighted by atomic mass is 10.1. The molecule has 0 aliphatic heterocycles.